The number of benzene rings is 1. The van der Waals surface area contributed by atoms with Crippen LogP contribution in [0.2, 0.25) is 5.02 Å². The Hall–Kier alpha value is -2.26. The maximum Gasteiger partial charge on any atom is 0.328 e. The van der Waals surface area contributed by atoms with Crippen LogP contribution < -0.4 is 0 Å². The zero-order valence-corrected chi connectivity index (χ0v) is 31.5. The predicted molar refractivity (Wildman–Crippen MR) is 191 cm³/mol. The number of nitrogens with zero attached hydrogens (tertiary/aromatic N) is 3. The largest absolute Gasteiger partial charge is 0.460 e. The van der Waals surface area contributed by atoms with E-state index in [1.165, 1.54) is 5.57 Å². The molecule has 0 aliphatic heterocycles. The fourth-order valence-corrected chi connectivity index (χ4v) is 11.4. The minimum absolute atomic E-state index is 0.0262. The summed E-state index contributed by atoms with van der Waals surface area (Å²) in [4.78, 5) is 14.0. The lowest BCUT2D eigenvalue weighted by Crippen LogP contribution is -2.65. The van der Waals surface area contributed by atoms with Crippen molar-refractivity contribution in [3.63, 3.8) is 0 Å². The fourth-order valence-electron chi connectivity index (χ4n) is 11.3. The van der Waals surface area contributed by atoms with Crippen LogP contribution in [0.15, 0.2) is 42.1 Å². The van der Waals surface area contributed by atoms with Crippen molar-refractivity contribution < 1.29 is 24.9 Å². The van der Waals surface area contributed by atoms with E-state index < -0.39 is 17.8 Å². The smallest absolute Gasteiger partial charge is 0.328 e. The van der Waals surface area contributed by atoms with Crippen LogP contribution in [0, 0.1) is 45.3 Å². The second-order valence-electron chi connectivity index (χ2n) is 17.9. The molecule has 2 aromatic rings. The SMILES string of the molecule is C[C@H](CC[C@@H](O)C(C)(C)O)[C@H]1CC[C@@]2(C)[C@@H]3CC=C4[C@@H](CC[C@H](O)C4(C)C)[C@]3(C)[C@H](OC(=O)Cn3cc(-c4cccc(Cl)c4)nn3)C[C@]12C. The molecule has 6 rings (SSSR count). The summed E-state index contributed by atoms with van der Waals surface area (Å²) in [5.74, 6) is 0.923. The lowest BCUT2D eigenvalue weighted by Gasteiger charge is -2.67. The molecule has 3 N–H and O–H groups in total. The van der Waals surface area contributed by atoms with E-state index in [0.29, 0.717) is 34.9 Å². The number of fused-ring (bicyclic) bond motifs is 5. The van der Waals surface area contributed by atoms with Crippen molar-refractivity contribution in [2.24, 2.45) is 45.3 Å². The molecule has 0 unspecified atom stereocenters. The Labute approximate surface area is 297 Å². The minimum Gasteiger partial charge on any atom is -0.460 e. The maximum absolute atomic E-state index is 14.0. The van der Waals surface area contributed by atoms with Crippen molar-refractivity contribution in [3.05, 3.63) is 47.1 Å². The number of allylic oxidation sites excluding steroid dienone is 1. The Kier molecular flexibility index (Phi) is 9.50. The van der Waals surface area contributed by atoms with Crippen molar-refractivity contribution in [1.29, 1.82) is 0 Å². The average molecular weight is 696 g/mol. The van der Waals surface area contributed by atoms with E-state index in [1.807, 2.05) is 24.3 Å². The van der Waals surface area contributed by atoms with Crippen molar-refractivity contribution in [2.75, 3.05) is 0 Å². The standard InChI is InChI=1S/C40H58ClN3O5/c1-24(12-16-33(46)37(4,5)48)27-18-19-38(6)31-15-13-28-29(14-17-32(45)36(28,2)3)40(31,8)34(21-39(27,38)7)49-35(47)23-44-22-30(42-43-44)25-10-9-11-26(41)20-25/h9-11,13,20,22,24,27,29,31-34,45-46,48H,12,14-19,21,23H2,1-8H3/t24-,27-,29-,31+,32+,33-,34-,38+,39-,40+/m1/s1. The van der Waals surface area contributed by atoms with E-state index in [0.717, 1.165) is 50.5 Å². The first-order chi connectivity index (χ1) is 22.8. The Balaban J connectivity index is 1.31. The van der Waals surface area contributed by atoms with E-state index in [-0.39, 0.29) is 46.2 Å². The number of carbonyl (C=O) groups is 1. The van der Waals surface area contributed by atoms with Crippen LogP contribution in [0.1, 0.15) is 107 Å². The molecule has 0 spiro atoms. The van der Waals surface area contributed by atoms with E-state index >= 15 is 0 Å². The number of halogens is 1. The Bertz CT molecular complexity index is 1580. The van der Waals surface area contributed by atoms with Gasteiger partial charge < -0.3 is 20.1 Å². The van der Waals surface area contributed by atoms with Crippen LogP contribution in [0.3, 0.4) is 0 Å². The van der Waals surface area contributed by atoms with Gasteiger partial charge >= 0.3 is 5.97 Å². The minimum atomic E-state index is -1.13. The Morgan fingerprint density at radius 2 is 1.86 bits per heavy atom. The normalized spacial score (nSPS) is 36.6. The quantitative estimate of drug-likeness (QED) is 0.182. The molecule has 8 nitrogen and oxygen atoms in total. The zero-order chi connectivity index (χ0) is 35.7. The molecule has 10 atom stereocenters. The molecule has 0 bridgehead atoms. The first-order valence-corrected chi connectivity index (χ1v) is 18.8. The molecular formula is C40H58ClN3O5. The highest BCUT2D eigenvalue weighted by Gasteiger charge is 2.71. The Morgan fingerprint density at radius 3 is 2.55 bits per heavy atom. The van der Waals surface area contributed by atoms with Gasteiger partial charge in [-0.3, -0.25) is 4.79 Å². The van der Waals surface area contributed by atoms with Crippen LogP contribution in [0.25, 0.3) is 11.3 Å². The van der Waals surface area contributed by atoms with E-state index in [1.54, 1.807) is 24.7 Å². The zero-order valence-electron chi connectivity index (χ0n) is 30.7. The van der Waals surface area contributed by atoms with Crippen LogP contribution >= 0.6 is 11.6 Å². The first-order valence-electron chi connectivity index (χ1n) is 18.5. The van der Waals surface area contributed by atoms with Gasteiger partial charge in [-0.2, -0.15) is 0 Å². The second kappa shape index (κ2) is 12.8. The summed E-state index contributed by atoms with van der Waals surface area (Å²) in [5, 5.41) is 41.4. The number of aromatic nitrogens is 3. The highest BCUT2D eigenvalue weighted by molar-refractivity contribution is 6.30. The number of carbonyl (C=O) groups excluding carboxylic acids is 1. The van der Waals surface area contributed by atoms with Gasteiger partial charge in [0.05, 0.1) is 24.0 Å². The molecule has 4 aliphatic rings. The topological polar surface area (TPSA) is 118 Å². The molecule has 0 amide bonds. The van der Waals surface area contributed by atoms with Gasteiger partial charge in [0, 0.05) is 21.4 Å². The molecule has 9 heteroatoms. The number of aliphatic hydroxyl groups is 3. The first kappa shape index (κ1) is 36.5. The molecule has 1 aromatic carbocycles. The van der Waals surface area contributed by atoms with Gasteiger partial charge in [-0.1, -0.05) is 82.1 Å². The lowest BCUT2D eigenvalue weighted by atomic mass is 9.38. The predicted octanol–water partition coefficient (Wildman–Crippen LogP) is 7.63. The second-order valence-corrected chi connectivity index (χ2v) is 18.3. The molecule has 49 heavy (non-hydrogen) atoms. The highest BCUT2D eigenvalue weighted by Crippen LogP contribution is 2.75. The third-order valence-electron chi connectivity index (χ3n) is 14.5. The van der Waals surface area contributed by atoms with Crippen LogP contribution in [-0.4, -0.2) is 60.2 Å². The number of aliphatic hydroxyl groups excluding tert-OH is 2. The maximum atomic E-state index is 14.0. The van der Waals surface area contributed by atoms with Crippen molar-refractivity contribution in [2.45, 2.75) is 137 Å². The number of hydrogen-bond donors (Lipinski definition) is 3. The molecule has 0 radical (unpaired) electrons. The van der Waals surface area contributed by atoms with E-state index in [4.69, 9.17) is 16.3 Å². The van der Waals surface area contributed by atoms with Crippen molar-refractivity contribution in [3.8, 4) is 11.3 Å². The monoisotopic (exact) mass is 695 g/mol. The summed E-state index contributed by atoms with van der Waals surface area (Å²) < 4.78 is 8.27. The molecule has 3 saturated carbocycles. The molecule has 0 saturated heterocycles. The van der Waals surface area contributed by atoms with Gasteiger partial charge in [-0.25, -0.2) is 4.68 Å². The van der Waals surface area contributed by atoms with Gasteiger partial charge in [-0.15, -0.1) is 5.10 Å². The third kappa shape index (κ3) is 6.10. The molecule has 4 aliphatic carbocycles. The van der Waals surface area contributed by atoms with Crippen molar-refractivity contribution >= 4 is 17.6 Å². The summed E-state index contributed by atoms with van der Waals surface area (Å²) in [6, 6.07) is 7.42. The third-order valence-corrected chi connectivity index (χ3v) is 14.8. The summed E-state index contributed by atoms with van der Waals surface area (Å²) in [6.07, 6.45) is 9.60. The number of ether oxygens (including phenoxy) is 1. The summed E-state index contributed by atoms with van der Waals surface area (Å²) in [6.45, 7) is 17.3. The van der Waals surface area contributed by atoms with Gasteiger partial charge in [-0.05, 0) is 112 Å². The Morgan fingerprint density at radius 1 is 1.12 bits per heavy atom. The molecule has 3 fully saturated rings. The van der Waals surface area contributed by atoms with Crippen molar-refractivity contribution in [1.82, 2.24) is 15.0 Å². The van der Waals surface area contributed by atoms with Crippen LogP contribution in [0.5, 0.6) is 0 Å². The molecule has 1 aromatic heterocycles. The van der Waals surface area contributed by atoms with Gasteiger partial charge in [0.1, 0.15) is 18.3 Å². The molecular weight excluding hydrogens is 638 g/mol. The molecule has 270 valence electrons. The number of hydrogen-bond acceptors (Lipinski definition) is 7. The molecule has 1 heterocycles. The average Bonchev–Trinajstić information content (AvgIpc) is 3.59. The van der Waals surface area contributed by atoms with Gasteiger partial charge in [0.2, 0.25) is 0 Å². The fraction of sp³-hybridized carbons (Fsp3) is 0.725. The van der Waals surface area contributed by atoms with E-state index in [9.17, 15) is 20.1 Å². The number of esters is 1. The summed E-state index contributed by atoms with van der Waals surface area (Å²) >= 11 is 6.21. The van der Waals surface area contributed by atoms with Crippen LogP contribution in [-0.2, 0) is 16.1 Å². The van der Waals surface area contributed by atoms with Crippen LogP contribution in [0.4, 0.5) is 0 Å². The van der Waals surface area contributed by atoms with E-state index in [2.05, 4.69) is 57.9 Å². The number of rotatable bonds is 9. The lowest BCUT2D eigenvalue weighted by molar-refractivity contribution is -0.220. The highest BCUT2D eigenvalue weighted by atomic mass is 35.5. The van der Waals surface area contributed by atoms with Gasteiger partial charge in [0.25, 0.3) is 0 Å². The van der Waals surface area contributed by atoms with Gasteiger partial charge in [0.15, 0.2) is 0 Å². The summed E-state index contributed by atoms with van der Waals surface area (Å²) in [7, 11) is 0. The summed E-state index contributed by atoms with van der Waals surface area (Å²) in [5.41, 5.74) is 0.971.